The van der Waals surface area contributed by atoms with E-state index in [1.165, 1.54) is 0 Å². The third-order valence-corrected chi connectivity index (χ3v) is 3.54. The van der Waals surface area contributed by atoms with Crippen molar-refractivity contribution < 1.29 is 8.42 Å². The molecule has 0 unspecified atom stereocenters. The van der Waals surface area contributed by atoms with Gasteiger partial charge < -0.3 is 5.32 Å². The summed E-state index contributed by atoms with van der Waals surface area (Å²) in [5, 5.41) is 7.76. The predicted molar refractivity (Wildman–Crippen MR) is 63.1 cm³/mol. The summed E-state index contributed by atoms with van der Waals surface area (Å²) in [4.78, 5) is 4.07. The van der Waals surface area contributed by atoms with Crippen LogP contribution in [-0.2, 0) is 10.0 Å². The van der Waals surface area contributed by atoms with Crippen LogP contribution in [-0.4, -0.2) is 25.7 Å². The normalized spacial score (nSPS) is 11.4. The number of anilines is 1. The highest BCUT2D eigenvalue weighted by molar-refractivity contribution is 9.10. The van der Waals surface area contributed by atoms with Gasteiger partial charge in [-0.2, -0.15) is 0 Å². The van der Waals surface area contributed by atoms with E-state index in [1.54, 1.807) is 6.20 Å². The van der Waals surface area contributed by atoms with Crippen LogP contribution in [0.15, 0.2) is 16.7 Å². The van der Waals surface area contributed by atoms with Gasteiger partial charge in [0.15, 0.2) is 0 Å². The largest absolute Gasteiger partial charge is 0.368 e. The second-order valence-electron chi connectivity index (χ2n) is 3.08. The molecule has 0 radical (unpaired) electrons. The molecule has 1 aromatic heterocycles. The number of nitrogens with two attached hydrogens (primary N) is 1. The van der Waals surface area contributed by atoms with E-state index in [2.05, 4.69) is 26.2 Å². The van der Waals surface area contributed by atoms with Crippen LogP contribution in [0.5, 0.6) is 0 Å². The minimum atomic E-state index is -3.42. The lowest BCUT2D eigenvalue weighted by Gasteiger charge is -2.07. The molecule has 0 aliphatic heterocycles. The molecule has 0 bridgehead atoms. The van der Waals surface area contributed by atoms with Gasteiger partial charge in [0.2, 0.25) is 10.0 Å². The molecular formula is C8H12BrN3O2S. The Hall–Kier alpha value is -0.660. The van der Waals surface area contributed by atoms with Gasteiger partial charge in [-0.3, -0.25) is 0 Å². The third-order valence-electron chi connectivity index (χ3n) is 1.76. The van der Waals surface area contributed by atoms with Gasteiger partial charge in [0.25, 0.3) is 0 Å². The molecular weight excluding hydrogens is 282 g/mol. The molecule has 0 saturated carbocycles. The second kappa shape index (κ2) is 4.91. The molecule has 0 aliphatic rings. The fourth-order valence-corrected chi connectivity index (χ4v) is 1.74. The van der Waals surface area contributed by atoms with E-state index in [9.17, 15) is 8.42 Å². The van der Waals surface area contributed by atoms with Gasteiger partial charge in [-0.25, -0.2) is 18.5 Å². The molecule has 0 spiro atoms. The monoisotopic (exact) mass is 293 g/mol. The molecule has 0 aromatic carbocycles. The molecule has 3 N–H and O–H groups in total. The average molecular weight is 294 g/mol. The summed E-state index contributed by atoms with van der Waals surface area (Å²) in [6.45, 7) is 2.17. The molecule has 1 rings (SSSR count). The maximum absolute atomic E-state index is 10.7. The molecule has 15 heavy (non-hydrogen) atoms. The lowest BCUT2D eigenvalue weighted by molar-refractivity contribution is 0.598. The first-order valence-electron chi connectivity index (χ1n) is 4.25. The van der Waals surface area contributed by atoms with E-state index >= 15 is 0 Å². The van der Waals surface area contributed by atoms with Gasteiger partial charge in [-0.15, -0.1) is 0 Å². The van der Waals surface area contributed by atoms with E-state index in [0.29, 0.717) is 5.82 Å². The number of hydrogen-bond acceptors (Lipinski definition) is 4. The highest BCUT2D eigenvalue weighted by Crippen LogP contribution is 2.22. The Labute approximate surface area is 97.3 Å². The smallest absolute Gasteiger partial charge is 0.210 e. The summed E-state index contributed by atoms with van der Waals surface area (Å²) in [6.07, 6.45) is 1.65. The predicted octanol–water partition coefficient (Wildman–Crippen LogP) is 0.853. The fraction of sp³-hybridized carbons (Fsp3) is 0.375. The molecule has 0 fully saturated rings. The number of sulfonamides is 1. The zero-order valence-electron chi connectivity index (χ0n) is 8.20. The van der Waals surface area contributed by atoms with Crippen LogP contribution in [0.4, 0.5) is 5.82 Å². The summed E-state index contributed by atoms with van der Waals surface area (Å²) >= 11 is 3.36. The Morgan fingerprint density at radius 2 is 2.27 bits per heavy atom. The molecule has 0 aliphatic carbocycles. The lowest BCUT2D eigenvalue weighted by atomic mass is 10.3. The summed E-state index contributed by atoms with van der Waals surface area (Å²) in [5.74, 6) is 0.508. The second-order valence-corrected chi connectivity index (χ2v) is 5.61. The van der Waals surface area contributed by atoms with Crippen molar-refractivity contribution in [3.8, 4) is 0 Å². The zero-order valence-corrected chi connectivity index (χ0v) is 10.6. The van der Waals surface area contributed by atoms with Crippen molar-refractivity contribution in [2.75, 3.05) is 17.6 Å². The first-order chi connectivity index (χ1) is 6.90. The summed E-state index contributed by atoms with van der Waals surface area (Å²) in [5.41, 5.74) is 1.03. The minimum Gasteiger partial charge on any atom is -0.368 e. The lowest BCUT2D eigenvalue weighted by Crippen LogP contribution is -2.22. The standard InChI is InChI=1S/C8H12BrN3O2S/c1-6-2-3-11-8(7(6)9)12-4-5-15(10,13)14/h2-3H,4-5H2,1H3,(H,11,12)(H2,10,13,14). The molecule has 1 aromatic rings. The van der Waals surface area contributed by atoms with Gasteiger partial charge in [0.1, 0.15) is 5.82 Å². The van der Waals surface area contributed by atoms with Crippen LogP contribution < -0.4 is 10.5 Å². The van der Waals surface area contributed by atoms with Crippen molar-refractivity contribution in [1.82, 2.24) is 4.98 Å². The number of primary sulfonamides is 1. The van der Waals surface area contributed by atoms with Crippen molar-refractivity contribution in [3.63, 3.8) is 0 Å². The van der Waals surface area contributed by atoms with E-state index in [1.807, 2.05) is 13.0 Å². The quantitative estimate of drug-likeness (QED) is 0.862. The van der Waals surface area contributed by atoms with Gasteiger partial charge >= 0.3 is 0 Å². The SMILES string of the molecule is Cc1ccnc(NCCS(N)(=O)=O)c1Br. The Morgan fingerprint density at radius 3 is 2.87 bits per heavy atom. The molecule has 0 saturated heterocycles. The number of rotatable bonds is 4. The van der Waals surface area contributed by atoms with Gasteiger partial charge in [-0.1, -0.05) is 0 Å². The fourth-order valence-electron chi connectivity index (χ4n) is 0.975. The summed E-state index contributed by atoms with van der Waals surface area (Å²) in [6, 6.07) is 1.86. The molecule has 84 valence electrons. The molecule has 7 heteroatoms. The topological polar surface area (TPSA) is 85.1 Å². The number of aromatic nitrogens is 1. The number of aryl methyl sites for hydroxylation is 1. The van der Waals surface area contributed by atoms with Crippen LogP contribution >= 0.6 is 15.9 Å². The van der Waals surface area contributed by atoms with Crippen molar-refractivity contribution in [2.45, 2.75) is 6.92 Å². The molecule has 0 amide bonds. The number of nitrogens with one attached hydrogen (secondary N) is 1. The van der Waals surface area contributed by atoms with E-state index in [-0.39, 0.29) is 12.3 Å². The summed E-state index contributed by atoms with van der Waals surface area (Å²) < 4.78 is 22.2. The highest BCUT2D eigenvalue weighted by Gasteiger charge is 2.05. The molecule has 5 nitrogen and oxygen atoms in total. The highest BCUT2D eigenvalue weighted by atomic mass is 79.9. The van der Waals surface area contributed by atoms with Crippen LogP contribution in [0.1, 0.15) is 5.56 Å². The number of hydrogen-bond donors (Lipinski definition) is 2. The van der Waals surface area contributed by atoms with Crippen LogP contribution in [0.25, 0.3) is 0 Å². The van der Waals surface area contributed by atoms with Crippen LogP contribution in [0.3, 0.4) is 0 Å². The molecule has 1 heterocycles. The van der Waals surface area contributed by atoms with E-state index < -0.39 is 10.0 Å². The van der Waals surface area contributed by atoms with Gasteiger partial charge in [-0.05, 0) is 34.5 Å². The average Bonchev–Trinajstić information content (AvgIpc) is 2.10. The maximum atomic E-state index is 10.7. The first kappa shape index (κ1) is 12.4. The number of halogens is 1. The number of nitrogens with zero attached hydrogens (tertiary/aromatic N) is 1. The van der Waals surface area contributed by atoms with Crippen molar-refractivity contribution in [2.24, 2.45) is 5.14 Å². The third kappa shape index (κ3) is 4.15. The van der Waals surface area contributed by atoms with Crippen molar-refractivity contribution in [3.05, 3.63) is 22.3 Å². The van der Waals surface area contributed by atoms with Crippen LogP contribution in [0, 0.1) is 6.92 Å². The van der Waals surface area contributed by atoms with E-state index in [4.69, 9.17) is 5.14 Å². The summed E-state index contributed by atoms with van der Waals surface area (Å²) in [7, 11) is -3.42. The minimum absolute atomic E-state index is 0.116. The van der Waals surface area contributed by atoms with Gasteiger partial charge in [0, 0.05) is 12.7 Å². The Kier molecular flexibility index (Phi) is 4.06. The van der Waals surface area contributed by atoms with Crippen molar-refractivity contribution >= 4 is 31.8 Å². The number of pyridine rings is 1. The van der Waals surface area contributed by atoms with Gasteiger partial charge in [0.05, 0.1) is 10.2 Å². The Morgan fingerprint density at radius 1 is 1.60 bits per heavy atom. The zero-order chi connectivity index (χ0) is 11.5. The van der Waals surface area contributed by atoms with Crippen LogP contribution in [0.2, 0.25) is 0 Å². The maximum Gasteiger partial charge on any atom is 0.210 e. The first-order valence-corrected chi connectivity index (χ1v) is 6.76. The molecule has 0 atom stereocenters. The van der Waals surface area contributed by atoms with Crippen molar-refractivity contribution in [1.29, 1.82) is 0 Å². The Balaban J connectivity index is 2.62. The Bertz CT molecular complexity index is 447. The van der Waals surface area contributed by atoms with E-state index in [0.717, 1.165) is 10.0 Å².